The molecule has 0 saturated carbocycles. The Morgan fingerprint density at radius 1 is 1.42 bits per heavy atom. The Hall–Kier alpha value is -0.380. The van der Waals surface area contributed by atoms with Crippen LogP contribution in [-0.4, -0.2) is 9.97 Å². The molecule has 0 aliphatic rings. The molecule has 12 heavy (non-hydrogen) atoms. The van der Waals surface area contributed by atoms with Gasteiger partial charge in [0.25, 0.3) is 0 Å². The second-order valence-corrected chi connectivity index (χ2v) is 3.72. The van der Waals surface area contributed by atoms with E-state index in [9.17, 15) is 0 Å². The van der Waals surface area contributed by atoms with Gasteiger partial charge >= 0.3 is 0 Å². The van der Waals surface area contributed by atoms with Crippen molar-refractivity contribution in [2.75, 3.05) is 0 Å². The number of nitrogens with zero attached hydrogens (tertiary/aromatic N) is 2. The average Bonchev–Trinajstić information content (AvgIpc) is 2.52. The minimum Gasteiger partial charge on any atom is -0.221 e. The molecule has 0 N–H and O–H groups in total. The molecule has 0 unspecified atom stereocenters. The Morgan fingerprint density at radius 2 is 2.25 bits per heavy atom. The van der Waals surface area contributed by atoms with Crippen LogP contribution in [0.2, 0.25) is 5.15 Å². The molecule has 2 aromatic heterocycles. The SMILES string of the molecule is ClCc1nc(Cl)c2ccsc2n1. The molecule has 0 atom stereocenters. The monoisotopic (exact) mass is 218 g/mol. The fraction of sp³-hybridized carbons (Fsp3) is 0.143. The molecule has 0 amide bonds. The first-order chi connectivity index (χ1) is 5.81. The lowest BCUT2D eigenvalue weighted by Crippen LogP contribution is -1.90. The molecule has 0 aliphatic carbocycles. The average molecular weight is 219 g/mol. The van der Waals surface area contributed by atoms with Crippen LogP contribution in [0.3, 0.4) is 0 Å². The molecule has 2 rings (SSSR count). The van der Waals surface area contributed by atoms with Gasteiger partial charge in [-0.15, -0.1) is 22.9 Å². The van der Waals surface area contributed by atoms with Gasteiger partial charge in [-0.2, -0.15) is 0 Å². The largest absolute Gasteiger partial charge is 0.221 e. The van der Waals surface area contributed by atoms with Gasteiger partial charge in [-0.05, 0) is 11.4 Å². The first-order valence-electron chi connectivity index (χ1n) is 3.27. The van der Waals surface area contributed by atoms with Crippen LogP contribution in [0.1, 0.15) is 5.82 Å². The molecule has 0 aromatic carbocycles. The fourth-order valence-corrected chi connectivity index (χ4v) is 2.13. The van der Waals surface area contributed by atoms with Gasteiger partial charge in [-0.25, -0.2) is 9.97 Å². The van der Waals surface area contributed by atoms with Gasteiger partial charge in [0.1, 0.15) is 15.8 Å². The van der Waals surface area contributed by atoms with Gasteiger partial charge in [-0.3, -0.25) is 0 Å². The van der Waals surface area contributed by atoms with Crippen molar-refractivity contribution in [2.24, 2.45) is 0 Å². The second kappa shape index (κ2) is 3.17. The third kappa shape index (κ3) is 1.28. The highest BCUT2D eigenvalue weighted by atomic mass is 35.5. The summed E-state index contributed by atoms with van der Waals surface area (Å²) in [5.41, 5.74) is 0. The van der Waals surface area contributed by atoms with Crippen molar-refractivity contribution in [3.05, 3.63) is 22.4 Å². The Balaban J connectivity index is 2.75. The Morgan fingerprint density at radius 3 is 3.00 bits per heavy atom. The van der Waals surface area contributed by atoms with Crippen LogP contribution >= 0.6 is 34.5 Å². The van der Waals surface area contributed by atoms with Crippen molar-refractivity contribution < 1.29 is 0 Å². The van der Waals surface area contributed by atoms with E-state index in [1.165, 1.54) is 11.3 Å². The zero-order valence-corrected chi connectivity index (χ0v) is 8.25. The van der Waals surface area contributed by atoms with E-state index in [0.29, 0.717) is 16.9 Å². The summed E-state index contributed by atoms with van der Waals surface area (Å²) in [7, 11) is 0. The molecule has 2 heterocycles. The maximum absolute atomic E-state index is 5.88. The molecule has 2 nitrogen and oxygen atoms in total. The predicted octanol–water partition coefficient (Wildman–Crippen LogP) is 3.08. The molecule has 0 bridgehead atoms. The summed E-state index contributed by atoms with van der Waals surface area (Å²) in [5.74, 6) is 0.879. The van der Waals surface area contributed by atoms with Gasteiger partial charge in [0.15, 0.2) is 0 Å². The molecule has 0 aliphatic heterocycles. The quantitative estimate of drug-likeness (QED) is 0.544. The molecule has 0 spiro atoms. The van der Waals surface area contributed by atoms with Crippen LogP contribution in [0.5, 0.6) is 0 Å². The second-order valence-electron chi connectivity index (χ2n) is 2.20. The summed E-state index contributed by atoms with van der Waals surface area (Å²) >= 11 is 13.0. The third-order valence-corrected chi connectivity index (χ3v) is 2.78. The Bertz CT molecular complexity index is 413. The normalized spacial score (nSPS) is 10.8. The lowest BCUT2D eigenvalue weighted by Gasteiger charge is -1.95. The van der Waals surface area contributed by atoms with Crippen molar-refractivity contribution in [1.29, 1.82) is 0 Å². The molecular weight excluding hydrogens is 215 g/mol. The highest BCUT2D eigenvalue weighted by Gasteiger charge is 2.05. The summed E-state index contributed by atoms with van der Waals surface area (Å²) in [6, 6.07) is 1.90. The molecule has 62 valence electrons. The number of aromatic nitrogens is 2. The van der Waals surface area contributed by atoms with E-state index in [0.717, 1.165) is 10.2 Å². The first kappa shape index (κ1) is 8.23. The van der Waals surface area contributed by atoms with E-state index in [4.69, 9.17) is 23.2 Å². The van der Waals surface area contributed by atoms with E-state index in [-0.39, 0.29) is 0 Å². The predicted molar refractivity (Wildman–Crippen MR) is 52.0 cm³/mol. The lowest BCUT2D eigenvalue weighted by atomic mass is 10.4. The molecular formula is C7H4Cl2N2S. The summed E-state index contributed by atoms with van der Waals surface area (Å²) in [6.45, 7) is 0. The van der Waals surface area contributed by atoms with Crippen LogP contribution in [0.15, 0.2) is 11.4 Å². The first-order valence-corrected chi connectivity index (χ1v) is 5.06. The van der Waals surface area contributed by atoms with Crippen molar-refractivity contribution in [2.45, 2.75) is 5.88 Å². The molecule has 0 radical (unpaired) electrons. The molecule has 2 aromatic rings. The summed E-state index contributed by atoms with van der Waals surface area (Å²) in [4.78, 5) is 9.12. The fourth-order valence-electron chi connectivity index (χ4n) is 0.920. The topological polar surface area (TPSA) is 25.8 Å². The van der Waals surface area contributed by atoms with Gasteiger partial charge in [0.2, 0.25) is 0 Å². The van der Waals surface area contributed by atoms with Crippen molar-refractivity contribution in [3.63, 3.8) is 0 Å². The van der Waals surface area contributed by atoms with Crippen LogP contribution < -0.4 is 0 Å². The van der Waals surface area contributed by atoms with Crippen LogP contribution in [0, 0.1) is 0 Å². The smallest absolute Gasteiger partial charge is 0.146 e. The van der Waals surface area contributed by atoms with Gasteiger partial charge < -0.3 is 0 Å². The highest BCUT2D eigenvalue weighted by molar-refractivity contribution is 7.16. The van der Waals surface area contributed by atoms with Crippen molar-refractivity contribution in [1.82, 2.24) is 9.97 Å². The minimum atomic E-state index is 0.299. The molecule has 0 fully saturated rings. The number of alkyl halides is 1. The summed E-state index contributed by atoms with van der Waals surface area (Å²) in [5, 5.41) is 3.32. The number of fused-ring (bicyclic) bond motifs is 1. The van der Waals surface area contributed by atoms with E-state index in [2.05, 4.69) is 9.97 Å². The van der Waals surface area contributed by atoms with E-state index >= 15 is 0 Å². The number of rotatable bonds is 1. The van der Waals surface area contributed by atoms with E-state index < -0.39 is 0 Å². The number of hydrogen-bond acceptors (Lipinski definition) is 3. The lowest BCUT2D eigenvalue weighted by molar-refractivity contribution is 1.07. The Labute approximate surface area is 83.2 Å². The number of thiophene rings is 1. The molecule has 5 heteroatoms. The van der Waals surface area contributed by atoms with Crippen LogP contribution in [0.4, 0.5) is 0 Å². The summed E-state index contributed by atoms with van der Waals surface area (Å²) in [6.07, 6.45) is 0. The number of halogens is 2. The minimum absolute atomic E-state index is 0.299. The maximum atomic E-state index is 5.88. The molecule has 0 saturated heterocycles. The van der Waals surface area contributed by atoms with Crippen molar-refractivity contribution >= 4 is 44.8 Å². The van der Waals surface area contributed by atoms with E-state index in [1.54, 1.807) is 0 Å². The van der Waals surface area contributed by atoms with E-state index in [1.807, 2.05) is 11.4 Å². The van der Waals surface area contributed by atoms with Crippen LogP contribution in [-0.2, 0) is 5.88 Å². The van der Waals surface area contributed by atoms with Crippen LogP contribution in [0.25, 0.3) is 10.2 Å². The maximum Gasteiger partial charge on any atom is 0.146 e. The zero-order chi connectivity index (χ0) is 8.55. The zero-order valence-electron chi connectivity index (χ0n) is 5.92. The standard InChI is InChI=1S/C7H4Cl2N2S/c8-3-5-10-6(9)4-1-2-12-7(4)11-5/h1-2H,3H2. The van der Waals surface area contributed by atoms with Crippen molar-refractivity contribution in [3.8, 4) is 0 Å². The number of hydrogen-bond donors (Lipinski definition) is 0. The van der Waals surface area contributed by atoms with Gasteiger partial charge in [0, 0.05) is 5.39 Å². The third-order valence-electron chi connectivity index (χ3n) is 1.44. The van der Waals surface area contributed by atoms with Gasteiger partial charge in [0.05, 0.1) is 5.88 Å². The Kier molecular flexibility index (Phi) is 2.17. The summed E-state index contributed by atoms with van der Waals surface area (Å²) < 4.78 is 0. The van der Waals surface area contributed by atoms with Gasteiger partial charge in [-0.1, -0.05) is 11.6 Å². The highest BCUT2D eigenvalue weighted by Crippen LogP contribution is 2.24.